The maximum atomic E-state index is 12.3. The maximum Gasteiger partial charge on any atom is 0.304 e. The molecule has 0 radical (unpaired) electrons. The molecule has 0 aromatic carbocycles. The zero-order valence-corrected chi connectivity index (χ0v) is 11.7. The number of carbonyl (C=O) groups is 3. The molecular formula is C15H17NO5. The van der Waals surface area contributed by atoms with Crippen LogP contribution in [-0.4, -0.2) is 53.0 Å². The molecule has 1 unspecified atom stereocenters. The highest BCUT2D eigenvalue weighted by atomic mass is 16.5. The van der Waals surface area contributed by atoms with Crippen molar-refractivity contribution in [1.29, 1.82) is 0 Å². The summed E-state index contributed by atoms with van der Waals surface area (Å²) in [6.45, 7) is 0.345. The van der Waals surface area contributed by atoms with Crippen molar-refractivity contribution >= 4 is 17.7 Å². The van der Waals surface area contributed by atoms with Crippen LogP contribution in [0.3, 0.4) is 0 Å². The van der Waals surface area contributed by atoms with Gasteiger partial charge in [0, 0.05) is 32.6 Å². The van der Waals surface area contributed by atoms with Crippen molar-refractivity contribution in [3.8, 4) is 0 Å². The Bertz CT molecular complexity index is 579. The molecule has 3 atom stereocenters. The average molecular weight is 291 g/mol. The molecule has 0 aromatic rings. The quantitative estimate of drug-likeness (QED) is 0.820. The Morgan fingerprint density at radius 2 is 2.29 bits per heavy atom. The number of carboxylic acid groups (broad SMARTS) is 1. The van der Waals surface area contributed by atoms with Crippen molar-refractivity contribution < 1.29 is 24.2 Å². The standard InChI is InChI=1S/C15H17NO5/c1-21-10-3-2-9-6-13(18)16-5-4-12(17)11(7-14(19)20)15(9,16)8-10/h2-3,6,10-11H,4-5,7-8H2,1H3,(H,19,20)/t10-,11?,15-/m0/s1. The minimum absolute atomic E-state index is 0.0839. The van der Waals surface area contributed by atoms with E-state index >= 15 is 0 Å². The lowest BCUT2D eigenvalue weighted by molar-refractivity contribution is -0.151. The number of hydrogen-bond donors (Lipinski definition) is 1. The first-order chi connectivity index (χ1) is 9.99. The first-order valence-electron chi connectivity index (χ1n) is 6.98. The first-order valence-corrected chi connectivity index (χ1v) is 6.98. The third-order valence-electron chi connectivity index (χ3n) is 4.76. The third kappa shape index (κ3) is 1.93. The van der Waals surface area contributed by atoms with Crippen LogP contribution in [0.4, 0.5) is 0 Å². The van der Waals surface area contributed by atoms with Gasteiger partial charge in [-0.1, -0.05) is 12.2 Å². The number of rotatable bonds is 3. The fraction of sp³-hybridized carbons (Fsp3) is 0.533. The van der Waals surface area contributed by atoms with E-state index in [1.54, 1.807) is 18.1 Å². The van der Waals surface area contributed by atoms with E-state index in [0.29, 0.717) is 13.0 Å². The molecule has 2 aliphatic heterocycles. The lowest BCUT2D eigenvalue weighted by atomic mass is 9.66. The van der Waals surface area contributed by atoms with Crippen LogP contribution in [0.1, 0.15) is 19.3 Å². The van der Waals surface area contributed by atoms with Crippen LogP contribution in [0.5, 0.6) is 0 Å². The van der Waals surface area contributed by atoms with E-state index < -0.39 is 17.4 Å². The normalized spacial score (nSPS) is 34.5. The fourth-order valence-electron chi connectivity index (χ4n) is 3.82. The summed E-state index contributed by atoms with van der Waals surface area (Å²) in [5, 5.41) is 9.16. The molecule has 112 valence electrons. The second-order valence-electron chi connectivity index (χ2n) is 5.72. The van der Waals surface area contributed by atoms with Crippen LogP contribution in [-0.2, 0) is 19.1 Å². The number of methoxy groups -OCH3 is 1. The van der Waals surface area contributed by atoms with Crippen LogP contribution in [0, 0.1) is 5.92 Å². The number of ketones is 1. The number of piperidine rings is 1. The predicted octanol–water partition coefficient (Wildman–Crippen LogP) is 0.532. The van der Waals surface area contributed by atoms with Gasteiger partial charge in [-0.05, 0) is 5.57 Å². The highest BCUT2D eigenvalue weighted by molar-refractivity contribution is 5.99. The van der Waals surface area contributed by atoms with Crippen molar-refractivity contribution in [1.82, 2.24) is 4.90 Å². The number of amides is 1. The highest BCUT2D eigenvalue weighted by Gasteiger charge is 2.58. The van der Waals surface area contributed by atoms with Crippen molar-refractivity contribution in [2.75, 3.05) is 13.7 Å². The van der Waals surface area contributed by atoms with Gasteiger partial charge in [-0.15, -0.1) is 0 Å². The minimum atomic E-state index is -1.02. The molecule has 6 heteroatoms. The summed E-state index contributed by atoms with van der Waals surface area (Å²) >= 11 is 0. The Hall–Kier alpha value is -1.95. The largest absolute Gasteiger partial charge is 0.481 e. The van der Waals surface area contributed by atoms with Crippen LogP contribution < -0.4 is 0 Å². The van der Waals surface area contributed by atoms with E-state index in [0.717, 1.165) is 5.57 Å². The van der Waals surface area contributed by atoms with E-state index in [-0.39, 0.29) is 30.6 Å². The van der Waals surface area contributed by atoms with Crippen LogP contribution in [0.15, 0.2) is 23.8 Å². The van der Waals surface area contributed by atoms with Crippen LogP contribution >= 0.6 is 0 Å². The number of nitrogens with zero attached hydrogens (tertiary/aromatic N) is 1. The maximum absolute atomic E-state index is 12.3. The molecule has 0 bridgehead atoms. The summed E-state index contributed by atoms with van der Waals surface area (Å²) in [5.41, 5.74) is -0.111. The summed E-state index contributed by atoms with van der Waals surface area (Å²) in [5.74, 6) is -1.95. The Morgan fingerprint density at radius 1 is 1.52 bits per heavy atom. The summed E-state index contributed by atoms with van der Waals surface area (Å²) in [6, 6.07) is 0. The van der Waals surface area contributed by atoms with E-state index in [1.165, 1.54) is 6.08 Å². The summed E-state index contributed by atoms with van der Waals surface area (Å²) in [6.07, 6.45) is 5.33. The van der Waals surface area contributed by atoms with E-state index in [2.05, 4.69) is 0 Å². The molecule has 0 aromatic heterocycles. The molecule has 3 rings (SSSR count). The average Bonchev–Trinajstić information content (AvgIpc) is 2.73. The molecule has 21 heavy (non-hydrogen) atoms. The molecule has 1 N–H and O–H groups in total. The van der Waals surface area contributed by atoms with Gasteiger partial charge < -0.3 is 14.7 Å². The van der Waals surface area contributed by atoms with Crippen molar-refractivity contribution in [3.63, 3.8) is 0 Å². The number of carbonyl (C=O) groups excluding carboxylic acids is 2. The second kappa shape index (κ2) is 4.80. The highest BCUT2D eigenvalue weighted by Crippen LogP contribution is 2.49. The predicted molar refractivity (Wildman–Crippen MR) is 72.4 cm³/mol. The Morgan fingerprint density at radius 3 is 2.95 bits per heavy atom. The molecule has 3 aliphatic rings. The Labute approximate surface area is 122 Å². The third-order valence-corrected chi connectivity index (χ3v) is 4.76. The zero-order valence-electron chi connectivity index (χ0n) is 11.7. The number of aliphatic carboxylic acids is 1. The topological polar surface area (TPSA) is 83.9 Å². The summed E-state index contributed by atoms with van der Waals surface area (Å²) in [7, 11) is 1.57. The van der Waals surface area contributed by atoms with Gasteiger partial charge in [0.1, 0.15) is 5.78 Å². The SMILES string of the molecule is CO[C@H]1C=CC2=CC(=O)N3CCC(=O)C(CC(=O)O)[C@]23C1. The summed E-state index contributed by atoms with van der Waals surface area (Å²) in [4.78, 5) is 37.4. The molecule has 6 nitrogen and oxygen atoms in total. The van der Waals surface area contributed by atoms with Crippen molar-refractivity contribution in [2.24, 2.45) is 5.92 Å². The van der Waals surface area contributed by atoms with Crippen LogP contribution in [0.25, 0.3) is 0 Å². The summed E-state index contributed by atoms with van der Waals surface area (Å²) < 4.78 is 5.36. The number of Topliss-reactive ketones (excluding diaryl/α,β-unsaturated/α-hetero) is 1. The van der Waals surface area contributed by atoms with Gasteiger partial charge in [-0.25, -0.2) is 0 Å². The van der Waals surface area contributed by atoms with Gasteiger partial charge in [0.2, 0.25) is 5.91 Å². The molecule has 0 saturated carbocycles. The smallest absolute Gasteiger partial charge is 0.304 e. The van der Waals surface area contributed by atoms with E-state index in [4.69, 9.17) is 9.84 Å². The van der Waals surface area contributed by atoms with Gasteiger partial charge in [0.15, 0.2) is 0 Å². The lowest BCUT2D eigenvalue weighted by Gasteiger charge is -2.50. The molecular weight excluding hydrogens is 274 g/mol. The monoisotopic (exact) mass is 291 g/mol. The van der Waals surface area contributed by atoms with Gasteiger partial charge in [0.25, 0.3) is 0 Å². The number of ether oxygens (including phenoxy) is 1. The van der Waals surface area contributed by atoms with Gasteiger partial charge >= 0.3 is 5.97 Å². The molecule has 1 fully saturated rings. The van der Waals surface area contributed by atoms with E-state index in [1.807, 2.05) is 6.08 Å². The van der Waals surface area contributed by atoms with Crippen molar-refractivity contribution in [3.05, 3.63) is 23.8 Å². The lowest BCUT2D eigenvalue weighted by Crippen LogP contribution is -2.62. The second-order valence-corrected chi connectivity index (χ2v) is 5.72. The number of carboxylic acids is 1. The molecule has 2 heterocycles. The Kier molecular flexibility index (Phi) is 3.20. The van der Waals surface area contributed by atoms with Gasteiger partial charge in [0.05, 0.1) is 24.0 Å². The zero-order chi connectivity index (χ0) is 15.2. The fourth-order valence-corrected chi connectivity index (χ4v) is 3.82. The van der Waals surface area contributed by atoms with E-state index in [9.17, 15) is 14.4 Å². The number of hydrogen-bond acceptors (Lipinski definition) is 4. The first kappa shape index (κ1) is 14.0. The Balaban J connectivity index is 2.09. The van der Waals surface area contributed by atoms with Crippen molar-refractivity contribution in [2.45, 2.75) is 30.9 Å². The van der Waals surface area contributed by atoms with Gasteiger partial charge in [-0.2, -0.15) is 0 Å². The molecule has 1 spiro atoms. The minimum Gasteiger partial charge on any atom is -0.481 e. The van der Waals surface area contributed by atoms with Gasteiger partial charge in [-0.3, -0.25) is 14.4 Å². The molecule has 1 saturated heterocycles. The van der Waals surface area contributed by atoms with Crippen LogP contribution in [0.2, 0.25) is 0 Å². The molecule has 1 amide bonds. The molecule has 1 aliphatic carbocycles.